The predicted octanol–water partition coefficient (Wildman–Crippen LogP) is 2.45. The SMILES string of the molecule is O=C1NC=CN(S(=O)(=O)c2ccc3ccccc3c2)C1Cc1cn(C2CCOc3cc(CCN4CCNCC4)ccc32)nn1. The van der Waals surface area contributed by atoms with Crippen molar-refractivity contribution >= 4 is 26.7 Å². The first-order valence-corrected chi connectivity index (χ1v) is 16.5. The van der Waals surface area contributed by atoms with Crippen molar-refractivity contribution in [3.63, 3.8) is 0 Å². The zero-order valence-electron chi connectivity index (χ0n) is 24.3. The molecular formula is C32H35N7O4S. The summed E-state index contributed by atoms with van der Waals surface area (Å²) in [6.07, 6.45) is 6.32. The van der Waals surface area contributed by atoms with Crippen LogP contribution < -0.4 is 15.4 Å². The Morgan fingerprint density at radius 2 is 1.84 bits per heavy atom. The molecular weight excluding hydrogens is 578 g/mol. The average Bonchev–Trinajstić information content (AvgIpc) is 3.53. The topological polar surface area (TPSA) is 122 Å². The van der Waals surface area contributed by atoms with Crippen molar-refractivity contribution < 1.29 is 17.9 Å². The van der Waals surface area contributed by atoms with Crippen LogP contribution in [0.3, 0.4) is 0 Å². The number of hydrogen-bond donors (Lipinski definition) is 2. The zero-order chi connectivity index (χ0) is 30.1. The van der Waals surface area contributed by atoms with Gasteiger partial charge < -0.3 is 20.3 Å². The molecule has 0 saturated carbocycles. The highest BCUT2D eigenvalue weighted by Crippen LogP contribution is 2.35. The van der Waals surface area contributed by atoms with Gasteiger partial charge in [0.05, 0.1) is 23.2 Å². The van der Waals surface area contributed by atoms with Gasteiger partial charge in [-0.15, -0.1) is 5.10 Å². The lowest BCUT2D eigenvalue weighted by Crippen LogP contribution is -2.50. The second kappa shape index (κ2) is 12.0. The summed E-state index contributed by atoms with van der Waals surface area (Å²) >= 11 is 0. The number of rotatable bonds is 8. The molecule has 0 spiro atoms. The van der Waals surface area contributed by atoms with E-state index >= 15 is 0 Å². The van der Waals surface area contributed by atoms with E-state index in [1.165, 1.54) is 18.0 Å². The van der Waals surface area contributed by atoms with Gasteiger partial charge in [0.2, 0.25) is 5.91 Å². The van der Waals surface area contributed by atoms with Gasteiger partial charge in [0, 0.05) is 69.7 Å². The van der Waals surface area contributed by atoms with Crippen molar-refractivity contribution in [3.8, 4) is 5.75 Å². The van der Waals surface area contributed by atoms with Crippen LogP contribution in [0.4, 0.5) is 0 Å². The van der Waals surface area contributed by atoms with Gasteiger partial charge in [-0.1, -0.05) is 47.7 Å². The van der Waals surface area contributed by atoms with Gasteiger partial charge in [-0.2, -0.15) is 0 Å². The van der Waals surface area contributed by atoms with Crippen LogP contribution in [-0.4, -0.2) is 83.9 Å². The van der Waals surface area contributed by atoms with E-state index in [4.69, 9.17) is 4.74 Å². The monoisotopic (exact) mass is 613 g/mol. The van der Waals surface area contributed by atoms with E-state index in [0.717, 1.165) is 72.0 Å². The average molecular weight is 614 g/mol. The van der Waals surface area contributed by atoms with E-state index in [0.29, 0.717) is 12.3 Å². The number of piperazine rings is 1. The normalized spacial score (nSPS) is 20.7. The molecule has 7 rings (SSSR count). The van der Waals surface area contributed by atoms with Gasteiger partial charge in [0.15, 0.2) is 0 Å². The molecule has 3 aliphatic rings. The molecule has 0 radical (unpaired) electrons. The molecule has 1 fully saturated rings. The third-order valence-corrected chi connectivity index (χ3v) is 10.4. The number of carbonyl (C=O) groups excluding carboxylic acids is 1. The maximum absolute atomic E-state index is 13.8. The number of nitrogens with zero attached hydrogens (tertiary/aromatic N) is 5. The fourth-order valence-electron chi connectivity index (χ4n) is 6.21. The quantitative estimate of drug-likeness (QED) is 0.311. The van der Waals surface area contributed by atoms with Crippen LogP contribution in [0.25, 0.3) is 10.8 Å². The highest BCUT2D eigenvalue weighted by molar-refractivity contribution is 7.89. The molecule has 228 valence electrons. The van der Waals surface area contributed by atoms with Gasteiger partial charge in [0.1, 0.15) is 11.8 Å². The van der Waals surface area contributed by atoms with Crippen LogP contribution >= 0.6 is 0 Å². The zero-order valence-corrected chi connectivity index (χ0v) is 25.1. The maximum atomic E-state index is 13.8. The van der Waals surface area contributed by atoms with E-state index < -0.39 is 22.0 Å². The van der Waals surface area contributed by atoms with Crippen LogP contribution in [0.15, 0.2) is 84.2 Å². The maximum Gasteiger partial charge on any atom is 0.264 e. The molecule has 2 unspecified atom stereocenters. The molecule has 1 saturated heterocycles. The number of aromatic nitrogens is 3. The van der Waals surface area contributed by atoms with E-state index in [9.17, 15) is 13.2 Å². The van der Waals surface area contributed by atoms with Crippen molar-refractivity contribution in [1.29, 1.82) is 0 Å². The summed E-state index contributed by atoms with van der Waals surface area (Å²) in [7, 11) is -4.02. The molecule has 44 heavy (non-hydrogen) atoms. The van der Waals surface area contributed by atoms with Gasteiger partial charge in [-0.05, 0) is 41.0 Å². The van der Waals surface area contributed by atoms with Gasteiger partial charge in [-0.25, -0.2) is 13.1 Å². The lowest BCUT2D eigenvalue weighted by molar-refractivity contribution is -0.124. The summed E-state index contributed by atoms with van der Waals surface area (Å²) < 4.78 is 36.5. The molecule has 11 nitrogen and oxygen atoms in total. The Bertz CT molecular complexity index is 1820. The largest absolute Gasteiger partial charge is 0.493 e. The van der Waals surface area contributed by atoms with Crippen LogP contribution in [0.5, 0.6) is 5.75 Å². The van der Waals surface area contributed by atoms with E-state index in [1.807, 2.05) is 30.5 Å². The number of benzene rings is 3. The Morgan fingerprint density at radius 1 is 1.00 bits per heavy atom. The standard InChI is InChI=1S/C32H35N7O4S/c40-32-30(39(17-13-34-32)44(41,42)27-7-6-24-3-1-2-4-25(24)20-27)21-26-22-38(36-35-26)29-10-18-43-31-19-23(5-8-28(29)31)9-14-37-15-11-33-12-16-37/h1-8,13,17,19-20,22,29-30,33H,9-12,14-16,18,21H2,(H,34,40). The fraction of sp³-hybridized carbons (Fsp3) is 0.344. The van der Waals surface area contributed by atoms with Crippen LogP contribution in [-0.2, 0) is 27.7 Å². The highest BCUT2D eigenvalue weighted by atomic mass is 32.2. The van der Waals surface area contributed by atoms with Crippen LogP contribution in [0.1, 0.15) is 29.3 Å². The number of amides is 1. The second-order valence-electron chi connectivity index (χ2n) is 11.4. The minimum Gasteiger partial charge on any atom is -0.493 e. The number of nitrogens with one attached hydrogen (secondary N) is 2. The first-order valence-electron chi connectivity index (χ1n) is 15.0. The Kier molecular flexibility index (Phi) is 7.79. The summed E-state index contributed by atoms with van der Waals surface area (Å²) in [4.78, 5) is 15.6. The summed E-state index contributed by atoms with van der Waals surface area (Å²) in [5.41, 5.74) is 2.81. The number of hydrogen-bond acceptors (Lipinski definition) is 8. The molecule has 12 heteroatoms. The van der Waals surface area contributed by atoms with Crippen LogP contribution in [0.2, 0.25) is 0 Å². The summed E-state index contributed by atoms with van der Waals surface area (Å²) in [6, 6.07) is 17.9. The molecule has 3 aliphatic heterocycles. The Hall–Kier alpha value is -4.26. The molecule has 4 heterocycles. The number of sulfonamides is 1. The first-order chi connectivity index (χ1) is 21.5. The van der Waals surface area contributed by atoms with Crippen LogP contribution in [0, 0.1) is 0 Å². The molecule has 4 aromatic rings. The minimum atomic E-state index is -4.02. The second-order valence-corrected chi connectivity index (χ2v) is 13.3. The van der Waals surface area contributed by atoms with Crippen molar-refractivity contribution in [2.45, 2.75) is 36.2 Å². The number of carbonyl (C=O) groups is 1. The number of ether oxygens (including phenoxy) is 1. The molecule has 2 atom stereocenters. The number of fused-ring (bicyclic) bond motifs is 2. The smallest absolute Gasteiger partial charge is 0.264 e. The third kappa shape index (κ3) is 5.68. The predicted molar refractivity (Wildman–Crippen MR) is 165 cm³/mol. The van der Waals surface area contributed by atoms with Crippen molar-refractivity contribution in [3.05, 3.63) is 96.1 Å². The van der Waals surface area contributed by atoms with E-state index in [1.54, 1.807) is 22.9 Å². The minimum absolute atomic E-state index is 0.0697. The molecule has 2 N–H and O–H groups in total. The van der Waals surface area contributed by atoms with Crippen molar-refractivity contribution in [1.82, 2.24) is 34.8 Å². The summed E-state index contributed by atoms with van der Waals surface area (Å²) in [6.45, 7) is 5.80. The van der Waals surface area contributed by atoms with Gasteiger partial charge in [0.25, 0.3) is 10.0 Å². The van der Waals surface area contributed by atoms with Gasteiger partial charge >= 0.3 is 0 Å². The molecule has 1 aromatic heterocycles. The fourth-order valence-corrected chi connectivity index (χ4v) is 7.70. The van der Waals surface area contributed by atoms with E-state index in [-0.39, 0.29) is 17.4 Å². The lowest BCUT2D eigenvalue weighted by Gasteiger charge is -2.31. The van der Waals surface area contributed by atoms with E-state index in [2.05, 4.69) is 44.0 Å². The van der Waals surface area contributed by atoms with Crippen molar-refractivity contribution in [2.24, 2.45) is 0 Å². The first kappa shape index (κ1) is 28.5. The lowest BCUT2D eigenvalue weighted by atomic mass is 9.98. The summed E-state index contributed by atoms with van der Waals surface area (Å²) in [5, 5.41) is 16.6. The Morgan fingerprint density at radius 3 is 2.70 bits per heavy atom. The Labute approximate surface area is 256 Å². The van der Waals surface area contributed by atoms with Crippen molar-refractivity contribution in [2.75, 3.05) is 39.3 Å². The Balaban J connectivity index is 1.08. The molecule has 1 amide bonds. The van der Waals surface area contributed by atoms with Gasteiger partial charge in [-0.3, -0.25) is 9.10 Å². The highest BCUT2D eigenvalue weighted by Gasteiger charge is 2.36. The third-order valence-electron chi connectivity index (χ3n) is 8.64. The molecule has 0 aliphatic carbocycles. The summed E-state index contributed by atoms with van der Waals surface area (Å²) in [5.74, 6) is 0.441. The molecule has 3 aromatic carbocycles. The molecule has 0 bridgehead atoms.